The lowest BCUT2D eigenvalue weighted by Crippen LogP contribution is -2.12. The van der Waals surface area contributed by atoms with Gasteiger partial charge in [0.15, 0.2) is 4.96 Å². The minimum atomic E-state index is -0.228. The zero-order valence-corrected chi connectivity index (χ0v) is 12.6. The van der Waals surface area contributed by atoms with Crippen molar-refractivity contribution < 1.29 is 4.79 Å². The standard InChI is InChI=1S/C16H12N4OS/c1-10-9-22-16-19-13(8-20(10)16)15(21)18-12-6-2-4-11-5-3-7-17-14(11)12/h2-9H,1H3,(H,18,21). The molecule has 0 radical (unpaired) electrons. The maximum atomic E-state index is 12.4. The molecule has 4 aromatic rings. The number of benzene rings is 1. The third kappa shape index (κ3) is 2.05. The molecule has 3 aromatic heterocycles. The van der Waals surface area contributed by atoms with Crippen molar-refractivity contribution in [2.45, 2.75) is 6.92 Å². The van der Waals surface area contributed by atoms with Crippen molar-refractivity contribution in [3.8, 4) is 0 Å². The number of aryl methyl sites for hydroxylation is 1. The third-order valence-electron chi connectivity index (χ3n) is 3.50. The molecule has 0 atom stereocenters. The first-order valence-corrected chi connectivity index (χ1v) is 7.68. The van der Waals surface area contributed by atoms with Crippen LogP contribution in [0, 0.1) is 6.92 Å². The number of anilines is 1. The number of para-hydroxylation sites is 1. The fraction of sp³-hybridized carbons (Fsp3) is 0.0625. The monoisotopic (exact) mass is 308 g/mol. The zero-order chi connectivity index (χ0) is 15.1. The molecular weight excluding hydrogens is 296 g/mol. The first-order chi connectivity index (χ1) is 10.7. The summed E-state index contributed by atoms with van der Waals surface area (Å²) in [4.78, 5) is 21.9. The van der Waals surface area contributed by atoms with Gasteiger partial charge in [0.25, 0.3) is 5.91 Å². The van der Waals surface area contributed by atoms with Gasteiger partial charge in [0, 0.05) is 28.9 Å². The number of imidazole rings is 1. The second kappa shape index (κ2) is 4.92. The molecule has 0 aliphatic heterocycles. The number of amides is 1. The predicted octanol–water partition coefficient (Wildman–Crippen LogP) is 3.50. The summed E-state index contributed by atoms with van der Waals surface area (Å²) in [5.41, 5.74) is 2.94. The van der Waals surface area contributed by atoms with Crippen molar-refractivity contribution in [3.05, 3.63) is 59.5 Å². The fourth-order valence-electron chi connectivity index (χ4n) is 2.39. The molecule has 0 aliphatic rings. The van der Waals surface area contributed by atoms with Gasteiger partial charge in [-0.3, -0.25) is 14.2 Å². The quantitative estimate of drug-likeness (QED) is 0.616. The van der Waals surface area contributed by atoms with E-state index in [0.717, 1.165) is 21.6 Å². The fourth-order valence-corrected chi connectivity index (χ4v) is 3.25. The van der Waals surface area contributed by atoms with Crippen LogP contribution in [0.2, 0.25) is 0 Å². The summed E-state index contributed by atoms with van der Waals surface area (Å²) in [5, 5.41) is 5.90. The molecule has 3 heterocycles. The molecule has 0 saturated carbocycles. The van der Waals surface area contributed by atoms with Gasteiger partial charge in [-0.2, -0.15) is 0 Å². The van der Waals surface area contributed by atoms with E-state index in [2.05, 4.69) is 15.3 Å². The molecule has 5 nitrogen and oxygen atoms in total. The maximum Gasteiger partial charge on any atom is 0.275 e. The topological polar surface area (TPSA) is 59.3 Å². The van der Waals surface area contributed by atoms with Crippen LogP contribution in [0.25, 0.3) is 15.9 Å². The largest absolute Gasteiger partial charge is 0.319 e. The molecule has 108 valence electrons. The Morgan fingerprint density at radius 2 is 2.14 bits per heavy atom. The lowest BCUT2D eigenvalue weighted by Gasteiger charge is -2.06. The van der Waals surface area contributed by atoms with E-state index in [1.165, 1.54) is 11.3 Å². The minimum Gasteiger partial charge on any atom is -0.319 e. The zero-order valence-electron chi connectivity index (χ0n) is 11.8. The summed E-state index contributed by atoms with van der Waals surface area (Å²) in [6, 6.07) is 9.55. The van der Waals surface area contributed by atoms with Gasteiger partial charge < -0.3 is 5.32 Å². The van der Waals surface area contributed by atoms with Gasteiger partial charge in [-0.1, -0.05) is 18.2 Å². The highest BCUT2D eigenvalue weighted by molar-refractivity contribution is 7.15. The molecule has 1 amide bonds. The molecule has 0 spiro atoms. The van der Waals surface area contributed by atoms with Crippen LogP contribution in [0.1, 0.15) is 16.2 Å². The van der Waals surface area contributed by atoms with Crippen LogP contribution >= 0.6 is 11.3 Å². The summed E-state index contributed by atoms with van der Waals surface area (Å²) in [5.74, 6) is -0.228. The Morgan fingerprint density at radius 1 is 1.27 bits per heavy atom. The number of hydrogen-bond donors (Lipinski definition) is 1. The van der Waals surface area contributed by atoms with Crippen molar-refractivity contribution in [2.75, 3.05) is 5.32 Å². The molecule has 22 heavy (non-hydrogen) atoms. The second-order valence-electron chi connectivity index (χ2n) is 4.99. The smallest absolute Gasteiger partial charge is 0.275 e. The van der Waals surface area contributed by atoms with Crippen LogP contribution in [0.5, 0.6) is 0 Å². The van der Waals surface area contributed by atoms with Crippen LogP contribution in [0.15, 0.2) is 48.1 Å². The molecule has 4 rings (SSSR count). The van der Waals surface area contributed by atoms with Gasteiger partial charge in [0.2, 0.25) is 0 Å². The lowest BCUT2D eigenvalue weighted by molar-refractivity contribution is 0.102. The molecule has 0 saturated heterocycles. The van der Waals surface area contributed by atoms with Crippen molar-refractivity contribution in [1.29, 1.82) is 0 Å². The molecule has 0 bridgehead atoms. The molecule has 6 heteroatoms. The summed E-state index contributed by atoms with van der Waals surface area (Å²) in [7, 11) is 0. The van der Waals surface area contributed by atoms with E-state index in [4.69, 9.17) is 0 Å². The van der Waals surface area contributed by atoms with Gasteiger partial charge in [-0.25, -0.2) is 4.98 Å². The van der Waals surface area contributed by atoms with E-state index in [1.807, 2.05) is 47.0 Å². The number of rotatable bonds is 2. The Bertz CT molecular complexity index is 996. The summed E-state index contributed by atoms with van der Waals surface area (Å²) in [6.45, 7) is 1.99. The number of pyridine rings is 1. The van der Waals surface area contributed by atoms with Gasteiger partial charge in [0.05, 0.1) is 11.2 Å². The SMILES string of the molecule is Cc1csc2nc(C(=O)Nc3cccc4cccnc34)cn12. The van der Waals surface area contributed by atoms with Crippen molar-refractivity contribution in [1.82, 2.24) is 14.4 Å². The molecule has 1 aromatic carbocycles. The molecule has 0 unspecified atom stereocenters. The van der Waals surface area contributed by atoms with Gasteiger partial charge >= 0.3 is 0 Å². The number of carbonyl (C=O) groups is 1. The first kappa shape index (κ1) is 13.0. The van der Waals surface area contributed by atoms with Crippen molar-refractivity contribution in [3.63, 3.8) is 0 Å². The summed E-state index contributed by atoms with van der Waals surface area (Å²) < 4.78 is 1.92. The van der Waals surface area contributed by atoms with Crippen LogP contribution in [0.3, 0.4) is 0 Å². The Morgan fingerprint density at radius 3 is 3.00 bits per heavy atom. The molecule has 1 N–H and O–H groups in total. The second-order valence-corrected chi connectivity index (χ2v) is 5.83. The van der Waals surface area contributed by atoms with Crippen LogP contribution in [0.4, 0.5) is 5.69 Å². The highest BCUT2D eigenvalue weighted by Crippen LogP contribution is 2.22. The molecule has 0 fully saturated rings. The highest BCUT2D eigenvalue weighted by atomic mass is 32.1. The number of nitrogens with one attached hydrogen (secondary N) is 1. The maximum absolute atomic E-state index is 12.4. The first-order valence-electron chi connectivity index (χ1n) is 6.81. The van der Waals surface area contributed by atoms with E-state index in [1.54, 1.807) is 12.4 Å². The lowest BCUT2D eigenvalue weighted by atomic mass is 10.2. The predicted molar refractivity (Wildman–Crippen MR) is 87.5 cm³/mol. The van der Waals surface area contributed by atoms with Crippen LogP contribution in [-0.4, -0.2) is 20.3 Å². The Balaban J connectivity index is 1.71. The number of aromatic nitrogens is 3. The van der Waals surface area contributed by atoms with Crippen LogP contribution < -0.4 is 5.32 Å². The number of hydrogen-bond acceptors (Lipinski definition) is 4. The minimum absolute atomic E-state index is 0.228. The van der Waals surface area contributed by atoms with Crippen molar-refractivity contribution in [2.24, 2.45) is 0 Å². The van der Waals surface area contributed by atoms with Gasteiger partial charge in [-0.05, 0) is 19.1 Å². The third-order valence-corrected chi connectivity index (χ3v) is 4.46. The summed E-state index contributed by atoms with van der Waals surface area (Å²) in [6.07, 6.45) is 3.48. The van der Waals surface area contributed by atoms with Gasteiger partial charge in [0.1, 0.15) is 5.69 Å². The van der Waals surface area contributed by atoms with E-state index < -0.39 is 0 Å². The van der Waals surface area contributed by atoms with E-state index >= 15 is 0 Å². The summed E-state index contributed by atoms with van der Waals surface area (Å²) >= 11 is 1.52. The average molecular weight is 308 g/mol. The Kier molecular flexibility index (Phi) is 2.90. The number of nitrogens with zero attached hydrogens (tertiary/aromatic N) is 3. The molecule has 0 aliphatic carbocycles. The number of thiazole rings is 1. The van der Waals surface area contributed by atoms with E-state index in [0.29, 0.717) is 11.4 Å². The number of fused-ring (bicyclic) bond motifs is 2. The average Bonchev–Trinajstić information content (AvgIpc) is 3.10. The normalized spacial score (nSPS) is 11.1. The Labute approximate surface area is 130 Å². The number of carbonyl (C=O) groups excluding carboxylic acids is 1. The van der Waals surface area contributed by atoms with Gasteiger partial charge in [-0.15, -0.1) is 11.3 Å². The van der Waals surface area contributed by atoms with E-state index in [-0.39, 0.29) is 5.91 Å². The highest BCUT2D eigenvalue weighted by Gasteiger charge is 2.14. The van der Waals surface area contributed by atoms with Crippen LogP contribution in [-0.2, 0) is 0 Å². The molecular formula is C16H12N4OS. The van der Waals surface area contributed by atoms with E-state index in [9.17, 15) is 4.79 Å². The Hall–Kier alpha value is -2.73. The van der Waals surface area contributed by atoms with Crippen molar-refractivity contribution >= 4 is 38.8 Å².